The molecule has 7 nitrogen and oxygen atoms in total. The molecule has 1 aliphatic heterocycles. The molecule has 1 aromatic carbocycles. The van der Waals surface area contributed by atoms with Gasteiger partial charge < -0.3 is 15.0 Å². The lowest BCUT2D eigenvalue weighted by atomic mass is 10.1. The Morgan fingerprint density at radius 2 is 2.04 bits per heavy atom. The van der Waals surface area contributed by atoms with Gasteiger partial charge in [-0.2, -0.15) is 0 Å². The molecule has 1 aliphatic rings. The Labute approximate surface area is 142 Å². The monoisotopic (exact) mass is 335 g/mol. The summed E-state index contributed by atoms with van der Waals surface area (Å²) in [5, 5.41) is 13.9. The lowest BCUT2D eigenvalue weighted by Crippen LogP contribution is -2.38. The number of hydrogen-bond donors (Lipinski definition) is 1. The number of nitro groups is 1. The molecule has 1 N–H and O–H groups in total. The fraction of sp³-hybridized carbons (Fsp3) is 0.588. The van der Waals surface area contributed by atoms with Crippen LogP contribution < -0.4 is 10.2 Å². The van der Waals surface area contributed by atoms with Crippen molar-refractivity contribution >= 4 is 17.3 Å². The van der Waals surface area contributed by atoms with E-state index in [-0.39, 0.29) is 11.6 Å². The number of rotatable bonds is 8. The number of nitro benzene ring substituents is 1. The Kier molecular flexibility index (Phi) is 6.99. The summed E-state index contributed by atoms with van der Waals surface area (Å²) in [6.45, 7) is 5.26. The predicted octanol–water partition coefficient (Wildman–Crippen LogP) is 2.74. The number of carbonyl (C=O) groups is 1. The van der Waals surface area contributed by atoms with E-state index in [1.165, 1.54) is 12.1 Å². The third kappa shape index (κ3) is 4.92. The number of nitrogens with zero attached hydrogens (tertiary/aromatic N) is 2. The van der Waals surface area contributed by atoms with Crippen LogP contribution in [0, 0.1) is 10.1 Å². The lowest BCUT2D eigenvalue weighted by molar-refractivity contribution is -0.384. The molecule has 0 unspecified atom stereocenters. The van der Waals surface area contributed by atoms with Gasteiger partial charge in [-0.05, 0) is 12.5 Å². The lowest BCUT2D eigenvalue weighted by Gasteiger charge is -2.30. The van der Waals surface area contributed by atoms with E-state index >= 15 is 0 Å². The van der Waals surface area contributed by atoms with Crippen molar-refractivity contribution in [2.45, 2.75) is 32.6 Å². The van der Waals surface area contributed by atoms with Crippen LogP contribution in [0.5, 0.6) is 0 Å². The number of anilines is 1. The summed E-state index contributed by atoms with van der Waals surface area (Å²) >= 11 is 0. The average molecular weight is 335 g/mol. The second-order valence-corrected chi connectivity index (χ2v) is 5.87. The maximum absolute atomic E-state index is 12.5. The van der Waals surface area contributed by atoms with Gasteiger partial charge in [0.05, 0.1) is 29.4 Å². The van der Waals surface area contributed by atoms with Crippen LogP contribution in [-0.2, 0) is 4.74 Å². The Morgan fingerprint density at radius 1 is 1.29 bits per heavy atom. The Balaban J connectivity index is 2.12. The third-order valence-corrected chi connectivity index (χ3v) is 4.10. The smallest absolute Gasteiger partial charge is 0.270 e. The predicted molar refractivity (Wildman–Crippen MR) is 92.6 cm³/mol. The van der Waals surface area contributed by atoms with E-state index in [1.807, 2.05) is 4.90 Å². The molecule has 1 amide bonds. The largest absolute Gasteiger partial charge is 0.378 e. The van der Waals surface area contributed by atoms with Crippen LogP contribution in [0.15, 0.2) is 18.2 Å². The molecular formula is C17H25N3O4. The molecule has 0 spiro atoms. The van der Waals surface area contributed by atoms with Crippen LogP contribution in [-0.4, -0.2) is 43.7 Å². The molecule has 1 aromatic rings. The standard InChI is InChI=1S/C17H25N3O4/c1-2-3-4-5-8-18-17(21)15-13-14(20(22)23)6-7-16(15)19-9-11-24-12-10-19/h6-7,13H,2-5,8-12H2,1H3,(H,18,21). The highest BCUT2D eigenvalue weighted by Crippen LogP contribution is 2.26. The normalized spacial score (nSPS) is 14.5. The molecule has 0 saturated carbocycles. The van der Waals surface area contributed by atoms with Gasteiger partial charge >= 0.3 is 0 Å². The van der Waals surface area contributed by atoms with E-state index in [2.05, 4.69) is 12.2 Å². The number of carbonyl (C=O) groups excluding carboxylic acids is 1. The van der Waals surface area contributed by atoms with Crippen molar-refractivity contribution in [1.82, 2.24) is 5.32 Å². The summed E-state index contributed by atoms with van der Waals surface area (Å²) in [4.78, 5) is 25.1. The van der Waals surface area contributed by atoms with Crippen LogP contribution >= 0.6 is 0 Å². The van der Waals surface area contributed by atoms with Crippen LogP contribution in [0.2, 0.25) is 0 Å². The van der Waals surface area contributed by atoms with Crippen molar-refractivity contribution < 1.29 is 14.5 Å². The molecule has 1 saturated heterocycles. The first-order valence-corrected chi connectivity index (χ1v) is 8.52. The third-order valence-electron chi connectivity index (χ3n) is 4.10. The van der Waals surface area contributed by atoms with Gasteiger partial charge in [0, 0.05) is 31.8 Å². The Bertz CT molecular complexity index is 571. The van der Waals surface area contributed by atoms with Gasteiger partial charge in [0.1, 0.15) is 0 Å². The highest BCUT2D eigenvalue weighted by molar-refractivity contribution is 6.00. The second-order valence-electron chi connectivity index (χ2n) is 5.87. The summed E-state index contributed by atoms with van der Waals surface area (Å²) < 4.78 is 5.34. The average Bonchev–Trinajstić information content (AvgIpc) is 2.61. The number of morpholine rings is 1. The minimum absolute atomic E-state index is 0.0665. The molecule has 132 valence electrons. The first-order chi connectivity index (χ1) is 11.6. The quantitative estimate of drug-likeness (QED) is 0.448. The second kappa shape index (κ2) is 9.22. The van der Waals surface area contributed by atoms with Gasteiger partial charge in [-0.3, -0.25) is 14.9 Å². The summed E-state index contributed by atoms with van der Waals surface area (Å²) in [6.07, 6.45) is 4.27. The molecule has 1 heterocycles. The number of amides is 1. The van der Waals surface area contributed by atoms with Crippen LogP contribution in [0.1, 0.15) is 43.0 Å². The van der Waals surface area contributed by atoms with Crippen molar-refractivity contribution in [3.05, 3.63) is 33.9 Å². The van der Waals surface area contributed by atoms with Crippen molar-refractivity contribution in [2.75, 3.05) is 37.7 Å². The number of benzene rings is 1. The first kappa shape index (κ1) is 18.2. The number of hydrogen-bond acceptors (Lipinski definition) is 5. The molecule has 0 aliphatic carbocycles. The van der Waals surface area contributed by atoms with E-state index in [0.29, 0.717) is 38.4 Å². The number of ether oxygens (including phenoxy) is 1. The molecular weight excluding hydrogens is 310 g/mol. The topological polar surface area (TPSA) is 84.7 Å². The van der Waals surface area contributed by atoms with Gasteiger partial charge in [0.2, 0.25) is 0 Å². The fourth-order valence-electron chi connectivity index (χ4n) is 2.75. The molecule has 0 atom stereocenters. The molecule has 7 heteroatoms. The zero-order valence-corrected chi connectivity index (χ0v) is 14.1. The zero-order valence-electron chi connectivity index (χ0n) is 14.1. The van der Waals surface area contributed by atoms with E-state index in [0.717, 1.165) is 31.4 Å². The van der Waals surface area contributed by atoms with E-state index in [1.54, 1.807) is 6.07 Å². The van der Waals surface area contributed by atoms with Gasteiger partial charge in [-0.1, -0.05) is 26.2 Å². The molecule has 1 fully saturated rings. The van der Waals surface area contributed by atoms with Gasteiger partial charge in [0.25, 0.3) is 11.6 Å². The molecule has 0 aromatic heterocycles. The summed E-state index contributed by atoms with van der Waals surface area (Å²) in [7, 11) is 0. The van der Waals surface area contributed by atoms with Crippen molar-refractivity contribution in [2.24, 2.45) is 0 Å². The molecule has 24 heavy (non-hydrogen) atoms. The highest BCUT2D eigenvalue weighted by atomic mass is 16.6. The SMILES string of the molecule is CCCCCCNC(=O)c1cc([N+](=O)[O-])ccc1N1CCOCC1. The van der Waals surface area contributed by atoms with Gasteiger partial charge in [-0.15, -0.1) is 0 Å². The fourth-order valence-corrected chi connectivity index (χ4v) is 2.75. The maximum Gasteiger partial charge on any atom is 0.270 e. The first-order valence-electron chi connectivity index (χ1n) is 8.52. The Hall–Kier alpha value is -2.15. The van der Waals surface area contributed by atoms with Crippen LogP contribution in [0.3, 0.4) is 0 Å². The van der Waals surface area contributed by atoms with E-state index in [9.17, 15) is 14.9 Å². The summed E-state index contributed by atoms with van der Waals surface area (Å²) in [5.74, 6) is -0.253. The molecule has 2 rings (SSSR count). The van der Waals surface area contributed by atoms with Crippen molar-refractivity contribution in [3.8, 4) is 0 Å². The molecule has 0 radical (unpaired) electrons. The van der Waals surface area contributed by atoms with Crippen molar-refractivity contribution in [1.29, 1.82) is 0 Å². The number of unbranched alkanes of at least 4 members (excludes halogenated alkanes) is 3. The van der Waals surface area contributed by atoms with Crippen LogP contribution in [0.4, 0.5) is 11.4 Å². The zero-order chi connectivity index (χ0) is 17.4. The van der Waals surface area contributed by atoms with Gasteiger partial charge in [-0.25, -0.2) is 0 Å². The van der Waals surface area contributed by atoms with E-state index in [4.69, 9.17) is 4.74 Å². The molecule has 0 bridgehead atoms. The highest BCUT2D eigenvalue weighted by Gasteiger charge is 2.21. The summed E-state index contributed by atoms with van der Waals surface area (Å²) in [5.41, 5.74) is 1.03. The van der Waals surface area contributed by atoms with E-state index < -0.39 is 4.92 Å². The van der Waals surface area contributed by atoms with Crippen molar-refractivity contribution in [3.63, 3.8) is 0 Å². The minimum Gasteiger partial charge on any atom is -0.378 e. The number of non-ortho nitro benzene ring substituents is 1. The van der Waals surface area contributed by atoms with Crippen LogP contribution in [0.25, 0.3) is 0 Å². The maximum atomic E-state index is 12.5. The van der Waals surface area contributed by atoms with Gasteiger partial charge in [0.15, 0.2) is 0 Å². The minimum atomic E-state index is -0.471. The Morgan fingerprint density at radius 3 is 2.71 bits per heavy atom. The number of nitrogens with one attached hydrogen (secondary N) is 1. The summed E-state index contributed by atoms with van der Waals surface area (Å²) in [6, 6.07) is 4.48.